The van der Waals surface area contributed by atoms with E-state index in [4.69, 9.17) is 5.73 Å². The van der Waals surface area contributed by atoms with E-state index in [0.717, 1.165) is 10.5 Å². The van der Waals surface area contributed by atoms with E-state index in [1.807, 2.05) is 18.5 Å². The molecule has 5 N–H and O–H groups in total. The molecule has 4 atom stereocenters. The predicted octanol–water partition coefficient (Wildman–Crippen LogP) is 0.868. The standard InChI is InChI=1S/C14H20N4OS/c1-7(2)11(15)13-17-9-5-10(8-3-4-16-6-8)20-12(9)14(19)18-13/h3-7,9,11-13,16-17H,15H2,1-2H3,(H,18,19)/t9?,11-,12?,13?/m0/s1. The van der Waals surface area contributed by atoms with Crippen LogP contribution in [0.25, 0.3) is 4.91 Å². The highest BCUT2D eigenvalue weighted by atomic mass is 32.2. The molecule has 3 heterocycles. The molecule has 1 fully saturated rings. The first kappa shape index (κ1) is 13.7. The fraction of sp³-hybridized carbons (Fsp3) is 0.500. The van der Waals surface area contributed by atoms with E-state index in [9.17, 15) is 4.79 Å². The summed E-state index contributed by atoms with van der Waals surface area (Å²) >= 11 is 1.61. The van der Waals surface area contributed by atoms with Gasteiger partial charge in [0.2, 0.25) is 5.91 Å². The van der Waals surface area contributed by atoms with Crippen LogP contribution in [0.4, 0.5) is 0 Å². The van der Waals surface area contributed by atoms with Crippen LogP contribution in [-0.2, 0) is 4.79 Å². The summed E-state index contributed by atoms with van der Waals surface area (Å²) in [7, 11) is 0. The van der Waals surface area contributed by atoms with Crippen molar-refractivity contribution >= 4 is 22.6 Å². The highest BCUT2D eigenvalue weighted by Crippen LogP contribution is 2.40. The summed E-state index contributed by atoms with van der Waals surface area (Å²) in [6.07, 6.45) is 5.82. The average Bonchev–Trinajstić information content (AvgIpc) is 3.05. The van der Waals surface area contributed by atoms with Crippen molar-refractivity contribution in [2.75, 3.05) is 0 Å². The van der Waals surface area contributed by atoms with Crippen LogP contribution < -0.4 is 16.4 Å². The molecule has 1 aromatic heterocycles. The van der Waals surface area contributed by atoms with E-state index >= 15 is 0 Å². The van der Waals surface area contributed by atoms with Crippen LogP contribution in [0.1, 0.15) is 19.4 Å². The molecule has 20 heavy (non-hydrogen) atoms. The number of H-pyrrole nitrogens is 1. The highest BCUT2D eigenvalue weighted by Gasteiger charge is 2.42. The zero-order chi connectivity index (χ0) is 14.3. The Bertz CT molecular complexity index is 525. The van der Waals surface area contributed by atoms with Gasteiger partial charge in [-0.25, -0.2) is 0 Å². The van der Waals surface area contributed by atoms with Crippen molar-refractivity contribution in [3.63, 3.8) is 0 Å². The minimum atomic E-state index is -0.161. The third kappa shape index (κ3) is 2.39. The Hall–Kier alpha value is -1.24. The van der Waals surface area contributed by atoms with Gasteiger partial charge in [0.1, 0.15) is 5.25 Å². The Balaban J connectivity index is 1.78. The lowest BCUT2D eigenvalue weighted by Crippen LogP contribution is -2.67. The molecule has 1 amide bonds. The fourth-order valence-electron chi connectivity index (χ4n) is 2.57. The summed E-state index contributed by atoms with van der Waals surface area (Å²) < 4.78 is 0. The number of hydrogen-bond donors (Lipinski definition) is 4. The van der Waals surface area contributed by atoms with E-state index in [1.54, 1.807) is 11.8 Å². The fourth-order valence-corrected chi connectivity index (χ4v) is 3.81. The molecule has 6 heteroatoms. The van der Waals surface area contributed by atoms with Crippen LogP contribution in [0.5, 0.6) is 0 Å². The van der Waals surface area contributed by atoms with E-state index in [-0.39, 0.29) is 29.4 Å². The van der Waals surface area contributed by atoms with Crippen molar-refractivity contribution in [1.29, 1.82) is 0 Å². The second-order valence-electron chi connectivity index (χ2n) is 5.67. The Labute approximate surface area is 122 Å². The lowest BCUT2D eigenvalue weighted by molar-refractivity contribution is -0.123. The summed E-state index contributed by atoms with van der Waals surface area (Å²) in [5.41, 5.74) is 7.28. The number of aromatic amines is 1. The van der Waals surface area contributed by atoms with E-state index < -0.39 is 0 Å². The van der Waals surface area contributed by atoms with Gasteiger partial charge in [0.15, 0.2) is 0 Å². The Kier molecular flexibility index (Phi) is 3.62. The monoisotopic (exact) mass is 292 g/mol. The molecule has 0 bridgehead atoms. The van der Waals surface area contributed by atoms with Crippen molar-refractivity contribution in [2.24, 2.45) is 11.7 Å². The third-order valence-corrected chi connectivity index (χ3v) is 5.26. The normalized spacial score (nSPS) is 30.9. The molecule has 3 rings (SSSR count). The van der Waals surface area contributed by atoms with Gasteiger partial charge in [-0.1, -0.05) is 19.9 Å². The minimum absolute atomic E-state index is 0.0495. The maximum absolute atomic E-state index is 12.3. The second-order valence-corrected chi connectivity index (χ2v) is 6.85. The van der Waals surface area contributed by atoms with Crippen LogP contribution in [0.3, 0.4) is 0 Å². The summed E-state index contributed by atoms with van der Waals surface area (Å²) in [5, 5.41) is 6.35. The molecule has 1 aromatic rings. The largest absolute Gasteiger partial charge is 0.367 e. The topological polar surface area (TPSA) is 82.9 Å². The average molecular weight is 292 g/mol. The molecular formula is C14H20N4OS. The first-order valence-electron chi connectivity index (χ1n) is 6.90. The molecule has 0 saturated carbocycles. The van der Waals surface area contributed by atoms with Gasteiger partial charge in [-0.15, -0.1) is 11.8 Å². The number of amides is 1. The minimum Gasteiger partial charge on any atom is -0.367 e. The maximum Gasteiger partial charge on any atom is 0.236 e. The number of thioether (sulfide) groups is 1. The third-order valence-electron chi connectivity index (χ3n) is 3.88. The van der Waals surface area contributed by atoms with E-state index in [1.165, 1.54) is 0 Å². The van der Waals surface area contributed by atoms with Crippen molar-refractivity contribution in [1.82, 2.24) is 15.6 Å². The molecule has 2 aliphatic heterocycles. The lowest BCUT2D eigenvalue weighted by Gasteiger charge is -2.37. The zero-order valence-electron chi connectivity index (χ0n) is 11.6. The van der Waals surface area contributed by atoms with Crippen LogP contribution in [-0.4, -0.2) is 34.4 Å². The van der Waals surface area contributed by atoms with E-state index in [2.05, 4.69) is 35.5 Å². The Morgan fingerprint density at radius 1 is 1.40 bits per heavy atom. The SMILES string of the molecule is CC(C)[C@H](N)C1NC(=O)C2SC(c3cc[nH]c3)=CC2N1. The number of hydrogen-bond acceptors (Lipinski definition) is 4. The summed E-state index contributed by atoms with van der Waals surface area (Å²) in [5.74, 6) is 0.383. The molecule has 5 nitrogen and oxygen atoms in total. The Morgan fingerprint density at radius 3 is 2.85 bits per heavy atom. The van der Waals surface area contributed by atoms with Gasteiger partial charge in [0.05, 0.1) is 6.17 Å². The smallest absolute Gasteiger partial charge is 0.236 e. The summed E-state index contributed by atoms with van der Waals surface area (Å²) in [4.78, 5) is 16.4. The number of aromatic nitrogens is 1. The van der Waals surface area contributed by atoms with Crippen LogP contribution in [0.2, 0.25) is 0 Å². The van der Waals surface area contributed by atoms with Gasteiger partial charge in [-0.05, 0) is 12.0 Å². The molecule has 2 aliphatic rings. The van der Waals surface area contributed by atoms with Gasteiger partial charge >= 0.3 is 0 Å². The highest BCUT2D eigenvalue weighted by molar-refractivity contribution is 8.09. The summed E-state index contributed by atoms with van der Waals surface area (Å²) in [6, 6.07) is 1.98. The molecule has 0 radical (unpaired) electrons. The summed E-state index contributed by atoms with van der Waals surface area (Å²) in [6.45, 7) is 4.13. The zero-order valence-corrected chi connectivity index (χ0v) is 12.4. The van der Waals surface area contributed by atoms with Crippen LogP contribution in [0.15, 0.2) is 24.5 Å². The Morgan fingerprint density at radius 2 is 2.20 bits per heavy atom. The number of carbonyl (C=O) groups excluding carboxylic acids is 1. The molecule has 3 unspecified atom stereocenters. The quantitative estimate of drug-likeness (QED) is 0.666. The van der Waals surface area contributed by atoms with Gasteiger partial charge in [-0.3, -0.25) is 10.1 Å². The van der Waals surface area contributed by atoms with Crippen molar-refractivity contribution in [3.8, 4) is 0 Å². The molecule has 0 spiro atoms. The van der Waals surface area contributed by atoms with Gasteiger partial charge < -0.3 is 16.0 Å². The molecule has 0 aromatic carbocycles. The number of nitrogens with two attached hydrogens (primary N) is 1. The number of fused-ring (bicyclic) bond motifs is 1. The second kappa shape index (κ2) is 5.27. The number of rotatable bonds is 3. The van der Waals surface area contributed by atoms with Crippen LogP contribution >= 0.6 is 11.8 Å². The first-order valence-corrected chi connectivity index (χ1v) is 7.78. The molecule has 1 saturated heterocycles. The van der Waals surface area contributed by atoms with Crippen molar-refractivity contribution in [3.05, 3.63) is 30.1 Å². The maximum atomic E-state index is 12.3. The lowest BCUT2D eigenvalue weighted by atomic mass is 9.98. The van der Waals surface area contributed by atoms with Crippen molar-refractivity contribution < 1.29 is 4.79 Å². The first-order chi connectivity index (χ1) is 9.56. The van der Waals surface area contributed by atoms with Gasteiger partial charge in [0, 0.05) is 34.9 Å². The van der Waals surface area contributed by atoms with Gasteiger partial charge in [0.25, 0.3) is 0 Å². The van der Waals surface area contributed by atoms with E-state index in [0.29, 0.717) is 5.92 Å². The molecule has 108 valence electrons. The van der Waals surface area contributed by atoms with Gasteiger partial charge in [-0.2, -0.15) is 0 Å². The van der Waals surface area contributed by atoms with Crippen molar-refractivity contribution in [2.45, 2.75) is 37.3 Å². The molecular weight excluding hydrogens is 272 g/mol. The molecule has 0 aliphatic carbocycles. The number of nitrogens with one attached hydrogen (secondary N) is 3. The number of carbonyl (C=O) groups is 1. The van der Waals surface area contributed by atoms with Crippen LogP contribution in [0, 0.1) is 5.92 Å². The predicted molar refractivity (Wildman–Crippen MR) is 81.8 cm³/mol.